The molecular weight excluding hydrogens is 244 g/mol. The molecule has 102 valence electrons. The fraction of sp³-hybridized carbons (Fsp3) is 0.385. The normalized spacial score (nSPS) is 10.3. The van der Waals surface area contributed by atoms with E-state index < -0.39 is 0 Å². The molecule has 0 aliphatic carbocycles. The van der Waals surface area contributed by atoms with E-state index in [9.17, 15) is 0 Å². The summed E-state index contributed by atoms with van der Waals surface area (Å²) in [6.07, 6.45) is 0. The third kappa shape index (κ3) is 2.78. The minimum absolute atomic E-state index is 0.590. The Morgan fingerprint density at radius 2 is 2.00 bits per heavy atom. The van der Waals surface area contributed by atoms with Crippen LogP contribution >= 0.6 is 0 Å². The maximum Gasteiger partial charge on any atom is 0.224 e. The topological polar surface area (TPSA) is 61.2 Å². The van der Waals surface area contributed by atoms with Gasteiger partial charge in [0.1, 0.15) is 17.3 Å². The lowest BCUT2D eigenvalue weighted by atomic mass is 10.2. The molecule has 6 heteroatoms. The number of methoxy groups -OCH3 is 2. The van der Waals surface area contributed by atoms with E-state index >= 15 is 0 Å². The molecule has 1 aromatic heterocycles. The number of benzene rings is 1. The van der Waals surface area contributed by atoms with Gasteiger partial charge in [0.15, 0.2) is 0 Å². The van der Waals surface area contributed by atoms with Crippen molar-refractivity contribution in [3.05, 3.63) is 29.6 Å². The van der Waals surface area contributed by atoms with E-state index in [0.717, 1.165) is 28.8 Å². The Morgan fingerprint density at radius 1 is 1.21 bits per heavy atom. The van der Waals surface area contributed by atoms with Crippen LogP contribution in [0.4, 0.5) is 5.95 Å². The van der Waals surface area contributed by atoms with E-state index in [1.807, 2.05) is 36.7 Å². The molecule has 1 aromatic carbocycles. The zero-order chi connectivity index (χ0) is 13.8. The third-order valence-electron chi connectivity index (χ3n) is 3.02. The fourth-order valence-corrected chi connectivity index (χ4v) is 1.76. The highest BCUT2D eigenvalue weighted by molar-refractivity contribution is 5.42. The van der Waals surface area contributed by atoms with Crippen molar-refractivity contribution < 1.29 is 9.47 Å². The largest absolute Gasteiger partial charge is 0.497 e. The maximum atomic E-state index is 5.33. The molecule has 0 amide bonds. The molecule has 0 radical (unpaired) electrons. The van der Waals surface area contributed by atoms with Crippen LogP contribution < -0.4 is 14.8 Å². The molecule has 0 unspecified atom stereocenters. The van der Waals surface area contributed by atoms with E-state index in [1.165, 1.54) is 0 Å². The van der Waals surface area contributed by atoms with Crippen LogP contribution in [0.25, 0.3) is 0 Å². The molecule has 1 heterocycles. The van der Waals surface area contributed by atoms with Gasteiger partial charge in [-0.05, 0) is 25.1 Å². The van der Waals surface area contributed by atoms with Crippen molar-refractivity contribution in [2.45, 2.75) is 13.5 Å². The first kappa shape index (κ1) is 13.2. The molecule has 0 saturated heterocycles. The number of ether oxygens (including phenoxy) is 2. The number of rotatable bonds is 5. The van der Waals surface area contributed by atoms with Gasteiger partial charge in [0, 0.05) is 19.2 Å². The highest BCUT2D eigenvalue weighted by Crippen LogP contribution is 2.24. The Kier molecular flexibility index (Phi) is 3.89. The molecule has 2 rings (SSSR count). The van der Waals surface area contributed by atoms with Crippen LogP contribution in [0.3, 0.4) is 0 Å². The second kappa shape index (κ2) is 5.60. The van der Waals surface area contributed by atoms with Gasteiger partial charge in [-0.1, -0.05) is 0 Å². The summed E-state index contributed by atoms with van der Waals surface area (Å²) in [6, 6.07) is 5.70. The van der Waals surface area contributed by atoms with E-state index in [4.69, 9.17) is 9.47 Å². The molecule has 2 aromatic rings. The van der Waals surface area contributed by atoms with Crippen molar-refractivity contribution in [3.63, 3.8) is 0 Å². The number of anilines is 1. The lowest BCUT2D eigenvalue weighted by Gasteiger charge is -2.11. The average Bonchev–Trinajstić information content (AvgIpc) is 2.76. The molecule has 0 atom stereocenters. The second-order valence-corrected chi connectivity index (χ2v) is 4.16. The monoisotopic (exact) mass is 262 g/mol. The second-order valence-electron chi connectivity index (χ2n) is 4.16. The average molecular weight is 262 g/mol. The van der Waals surface area contributed by atoms with Crippen LogP contribution in [0.1, 0.15) is 11.4 Å². The van der Waals surface area contributed by atoms with Gasteiger partial charge in [-0.25, -0.2) is 0 Å². The summed E-state index contributed by atoms with van der Waals surface area (Å²) in [5, 5.41) is 11.3. The molecule has 0 saturated carbocycles. The molecule has 1 N–H and O–H groups in total. The standard InChI is InChI=1S/C13H18N4O2/c1-9-15-16-13(17(9)2)14-8-10-7-11(18-3)5-6-12(10)19-4/h5-7H,8H2,1-4H3,(H,14,16). The van der Waals surface area contributed by atoms with E-state index in [0.29, 0.717) is 6.54 Å². The Morgan fingerprint density at radius 3 is 2.58 bits per heavy atom. The summed E-state index contributed by atoms with van der Waals surface area (Å²) < 4.78 is 12.4. The van der Waals surface area contributed by atoms with Crippen LogP contribution in [-0.2, 0) is 13.6 Å². The van der Waals surface area contributed by atoms with E-state index in [-0.39, 0.29) is 0 Å². The van der Waals surface area contributed by atoms with Crippen molar-refractivity contribution in [1.82, 2.24) is 14.8 Å². The predicted octanol–water partition coefficient (Wildman–Crippen LogP) is 1.75. The third-order valence-corrected chi connectivity index (χ3v) is 3.02. The maximum absolute atomic E-state index is 5.33. The summed E-state index contributed by atoms with van der Waals surface area (Å²) in [4.78, 5) is 0. The summed E-state index contributed by atoms with van der Waals surface area (Å²) in [5.41, 5.74) is 1.00. The van der Waals surface area contributed by atoms with Crippen LogP contribution in [0.2, 0.25) is 0 Å². The SMILES string of the molecule is COc1ccc(OC)c(CNc2nnc(C)n2C)c1. The van der Waals surface area contributed by atoms with Crippen molar-refractivity contribution in [3.8, 4) is 11.5 Å². The minimum Gasteiger partial charge on any atom is -0.497 e. The highest BCUT2D eigenvalue weighted by Gasteiger charge is 2.08. The van der Waals surface area contributed by atoms with Gasteiger partial charge >= 0.3 is 0 Å². The Bertz CT molecular complexity index is 566. The zero-order valence-electron chi connectivity index (χ0n) is 11.6. The van der Waals surface area contributed by atoms with Gasteiger partial charge < -0.3 is 19.4 Å². The summed E-state index contributed by atoms with van der Waals surface area (Å²) in [5.74, 6) is 3.20. The van der Waals surface area contributed by atoms with Gasteiger partial charge in [-0.2, -0.15) is 0 Å². The number of hydrogen-bond acceptors (Lipinski definition) is 5. The molecule has 19 heavy (non-hydrogen) atoms. The Hall–Kier alpha value is -2.24. The fourth-order valence-electron chi connectivity index (χ4n) is 1.76. The van der Waals surface area contributed by atoms with Crippen molar-refractivity contribution >= 4 is 5.95 Å². The molecule has 0 bridgehead atoms. The quantitative estimate of drug-likeness (QED) is 0.889. The first-order valence-electron chi connectivity index (χ1n) is 5.96. The lowest BCUT2D eigenvalue weighted by molar-refractivity contribution is 0.399. The van der Waals surface area contributed by atoms with Crippen molar-refractivity contribution in [1.29, 1.82) is 0 Å². The first-order valence-corrected chi connectivity index (χ1v) is 5.96. The van der Waals surface area contributed by atoms with Gasteiger partial charge in [0.25, 0.3) is 0 Å². The van der Waals surface area contributed by atoms with Crippen molar-refractivity contribution in [2.24, 2.45) is 7.05 Å². The summed E-state index contributed by atoms with van der Waals surface area (Å²) in [6.45, 7) is 2.50. The van der Waals surface area contributed by atoms with Gasteiger partial charge in [0.2, 0.25) is 5.95 Å². The number of aryl methyl sites for hydroxylation is 1. The Labute approximate surface area is 112 Å². The van der Waals surface area contributed by atoms with Crippen LogP contribution in [-0.4, -0.2) is 29.0 Å². The number of aromatic nitrogens is 3. The summed E-state index contributed by atoms with van der Waals surface area (Å²) in [7, 11) is 5.21. The molecule has 0 aliphatic rings. The molecule has 6 nitrogen and oxygen atoms in total. The van der Waals surface area contributed by atoms with Crippen LogP contribution in [0.15, 0.2) is 18.2 Å². The molecule has 0 aliphatic heterocycles. The number of nitrogens with zero attached hydrogens (tertiary/aromatic N) is 3. The first-order chi connectivity index (χ1) is 9.15. The van der Waals surface area contributed by atoms with Gasteiger partial charge in [0.05, 0.1) is 14.2 Å². The molecular formula is C13H18N4O2. The molecule has 0 fully saturated rings. The lowest BCUT2D eigenvalue weighted by Crippen LogP contribution is -2.07. The smallest absolute Gasteiger partial charge is 0.224 e. The van der Waals surface area contributed by atoms with Crippen LogP contribution in [0.5, 0.6) is 11.5 Å². The predicted molar refractivity (Wildman–Crippen MR) is 72.6 cm³/mol. The van der Waals surface area contributed by atoms with Crippen LogP contribution in [0, 0.1) is 6.92 Å². The number of hydrogen-bond donors (Lipinski definition) is 1. The van der Waals surface area contributed by atoms with Gasteiger partial charge in [-0.15, -0.1) is 10.2 Å². The van der Waals surface area contributed by atoms with Gasteiger partial charge in [-0.3, -0.25) is 0 Å². The minimum atomic E-state index is 0.590. The highest BCUT2D eigenvalue weighted by atomic mass is 16.5. The van der Waals surface area contributed by atoms with E-state index in [1.54, 1.807) is 14.2 Å². The van der Waals surface area contributed by atoms with Crippen molar-refractivity contribution in [2.75, 3.05) is 19.5 Å². The molecule has 0 spiro atoms. The number of nitrogens with one attached hydrogen (secondary N) is 1. The van der Waals surface area contributed by atoms with E-state index in [2.05, 4.69) is 15.5 Å². The zero-order valence-corrected chi connectivity index (χ0v) is 11.6. The Balaban J connectivity index is 2.16. The summed E-state index contributed by atoms with van der Waals surface area (Å²) >= 11 is 0.